The number of ether oxygens (including phenoxy) is 1. The Morgan fingerprint density at radius 1 is 1.24 bits per heavy atom. The van der Waals surface area contributed by atoms with E-state index in [1.54, 1.807) is 0 Å². The first-order chi connectivity index (χ1) is 8.15. The fourth-order valence-electron chi connectivity index (χ4n) is 2.10. The molecule has 2 rings (SSSR count). The Labute approximate surface area is 99.8 Å². The lowest BCUT2D eigenvalue weighted by Crippen LogP contribution is -2.21. The molecule has 1 aliphatic rings. The number of carbonyl (C=O) groups excluding carboxylic acids is 2. The number of aryl methyl sites for hydroxylation is 2. The van der Waals surface area contributed by atoms with E-state index in [4.69, 9.17) is 10.5 Å². The van der Waals surface area contributed by atoms with Crippen LogP contribution in [0.2, 0.25) is 0 Å². The molecular formula is C13H15NO3. The van der Waals surface area contributed by atoms with Crippen LogP contribution in [-0.4, -0.2) is 18.5 Å². The first-order valence-electron chi connectivity index (χ1n) is 5.70. The molecule has 0 radical (unpaired) electrons. The number of hydrogen-bond acceptors (Lipinski definition) is 3. The number of primary amides is 1. The van der Waals surface area contributed by atoms with Gasteiger partial charge in [0.05, 0.1) is 6.42 Å². The minimum atomic E-state index is -0.632. The third-order valence-corrected chi connectivity index (χ3v) is 2.89. The molecule has 1 aliphatic carbocycles. The lowest BCUT2D eigenvalue weighted by atomic mass is 10.0. The monoisotopic (exact) mass is 233 g/mol. The van der Waals surface area contributed by atoms with Crippen LogP contribution in [0, 0.1) is 0 Å². The summed E-state index contributed by atoms with van der Waals surface area (Å²) in [5, 5.41) is 0. The molecule has 0 saturated heterocycles. The van der Waals surface area contributed by atoms with Gasteiger partial charge in [0.25, 0.3) is 5.91 Å². The molecule has 4 heteroatoms. The number of benzene rings is 1. The van der Waals surface area contributed by atoms with Crippen molar-refractivity contribution in [3.63, 3.8) is 0 Å². The van der Waals surface area contributed by atoms with Crippen LogP contribution in [0.4, 0.5) is 0 Å². The molecule has 17 heavy (non-hydrogen) atoms. The topological polar surface area (TPSA) is 69.4 Å². The highest BCUT2D eigenvalue weighted by atomic mass is 16.5. The number of carbonyl (C=O) groups is 2. The lowest BCUT2D eigenvalue weighted by Gasteiger charge is -2.05. The van der Waals surface area contributed by atoms with Crippen molar-refractivity contribution < 1.29 is 14.3 Å². The van der Waals surface area contributed by atoms with Gasteiger partial charge in [0.15, 0.2) is 6.61 Å². The molecule has 4 nitrogen and oxygen atoms in total. The van der Waals surface area contributed by atoms with Crippen molar-refractivity contribution >= 4 is 11.9 Å². The molecule has 0 spiro atoms. The fourth-order valence-corrected chi connectivity index (χ4v) is 2.10. The van der Waals surface area contributed by atoms with E-state index in [0.717, 1.165) is 18.4 Å². The summed E-state index contributed by atoms with van der Waals surface area (Å²) in [5.74, 6) is -1.05. The third kappa shape index (κ3) is 3.06. The van der Waals surface area contributed by atoms with Crippen molar-refractivity contribution in [1.82, 2.24) is 0 Å². The Morgan fingerprint density at radius 3 is 2.76 bits per heavy atom. The number of hydrogen-bond donors (Lipinski definition) is 1. The van der Waals surface area contributed by atoms with Gasteiger partial charge in [0, 0.05) is 0 Å². The molecule has 0 aliphatic heterocycles. The van der Waals surface area contributed by atoms with E-state index in [-0.39, 0.29) is 13.0 Å². The van der Waals surface area contributed by atoms with Crippen molar-refractivity contribution in [2.75, 3.05) is 6.61 Å². The Hall–Kier alpha value is -1.84. The van der Waals surface area contributed by atoms with Gasteiger partial charge in [-0.1, -0.05) is 18.2 Å². The highest BCUT2D eigenvalue weighted by Crippen LogP contribution is 2.23. The third-order valence-electron chi connectivity index (χ3n) is 2.89. The van der Waals surface area contributed by atoms with E-state index in [2.05, 4.69) is 6.07 Å². The summed E-state index contributed by atoms with van der Waals surface area (Å²) < 4.78 is 4.71. The van der Waals surface area contributed by atoms with Gasteiger partial charge in [0.2, 0.25) is 0 Å². The number of nitrogens with two attached hydrogens (primary N) is 1. The van der Waals surface area contributed by atoms with Crippen molar-refractivity contribution in [2.24, 2.45) is 5.73 Å². The van der Waals surface area contributed by atoms with E-state index >= 15 is 0 Å². The lowest BCUT2D eigenvalue weighted by molar-refractivity contribution is -0.147. The summed E-state index contributed by atoms with van der Waals surface area (Å²) >= 11 is 0. The maximum absolute atomic E-state index is 11.4. The van der Waals surface area contributed by atoms with E-state index in [9.17, 15) is 9.59 Å². The average molecular weight is 233 g/mol. The molecule has 1 aromatic rings. The zero-order valence-corrected chi connectivity index (χ0v) is 9.57. The van der Waals surface area contributed by atoms with Gasteiger partial charge >= 0.3 is 5.97 Å². The first-order valence-corrected chi connectivity index (χ1v) is 5.70. The van der Waals surface area contributed by atoms with Gasteiger partial charge in [-0.3, -0.25) is 9.59 Å². The maximum atomic E-state index is 11.4. The maximum Gasteiger partial charge on any atom is 0.310 e. The minimum absolute atomic E-state index is 0.195. The molecule has 0 fully saturated rings. The van der Waals surface area contributed by atoms with Crippen LogP contribution in [0.3, 0.4) is 0 Å². The van der Waals surface area contributed by atoms with Crippen molar-refractivity contribution in [1.29, 1.82) is 0 Å². The molecule has 0 atom stereocenters. The van der Waals surface area contributed by atoms with Crippen molar-refractivity contribution in [2.45, 2.75) is 25.7 Å². The average Bonchev–Trinajstić information content (AvgIpc) is 2.73. The molecule has 0 unspecified atom stereocenters. The highest BCUT2D eigenvalue weighted by Gasteiger charge is 2.12. The Bertz CT molecular complexity index is 454. The molecule has 1 amide bonds. The molecule has 0 saturated carbocycles. The quantitative estimate of drug-likeness (QED) is 0.780. The molecule has 0 heterocycles. The van der Waals surface area contributed by atoms with E-state index in [1.807, 2.05) is 12.1 Å². The fraction of sp³-hybridized carbons (Fsp3) is 0.385. The largest absolute Gasteiger partial charge is 0.455 e. The molecular weight excluding hydrogens is 218 g/mol. The van der Waals surface area contributed by atoms with Crippen LogP contribution in [0.25, 0.3) is 0 Å². The van der Waals surface area contributed by atoms with Gasteiger partial charge in [-0.2, -0.15) is 0 Å². The second-order valence-corrected chi connectivity index (χ2v) is 4.26. The zero-order valence-electron chi connectivity index (χ0n) is 9.57. The molecule has 0 bridgehead atoms. The second kappa shape index (κ2) is 4.99. The Morgan fingerprint density at radius 2 is 2.00 bits per heavy atom. The number of fused-ring (bicyclic) bond motifs is 1. The van der Waals surface area contributed by atoms with Gasteiger partial charge in [-0.25, -0.2) is 0 Å². The highest BCUT2D eigenvalue weighted by molar-refractivity contribution is 5.79. The predicted molar refractivity (Wildman–Crippen MR) is 62.3 cm³/mol. The Balaban J connectivity index is 1.95. The number of esters is 1. The molecule has 2 N–H and O–H groups in total. The van der Waals surface area contributed by atoms with Gasteiger partial charge < -0.3 is 10.5 Å². The summed E-state index contributed by atoms with van der Waals surface area (Å²) in [6, 6.07) is 6.06. The van der Waals surface area contributed by atoms with E-state index in [1.165, 1.54) is 17.5 Å². The molecule has 1 aromatic carbocycles. The summed E-state index contributed by atoms with van der Waals surface area (Å²) in [7, 11) is 0. The summed E-state index contributed by atoms with van der Waals surface area (Å²) in [4.78, 5) is 21.8. The van der Waals surface area contributed by atoms with Crippen LogP contribution in [0.15, 0.2) is 18.2 Å². The zero-order chi connectivity index (χ0) is 12.3. The predicted octanol–water partition coefficient (Wildman–Crippen LogP) is 0.746. The van der Waals surface area contributed by atoms with Crippen LogP contribution in [0.5, 0.6) is 0 Å². The number of rotatable bonds is 4. The van der Waals surface area contributed by atoms with Crippen molar-refractivity contribution in [3.8, 4) is 0 Å². The minimum Gasteiger partial charge on any atom is -0.455 e. The summed E-state index contributed by atoms with van der Waals surface area (Å²) in [6.07, 6.45) is 3.59. The van der Waals surface area contributed by atoms with Crippen LogP contribution >= 0.6 is 0 Å². The second-order valence-electron chi connectivity index (χ2n) is 4.26. The van der Waals surface area contributed by atoms with Crippen LogP contribution in [-0.2, 0) is 33.6 Å². The van der Waals surface area contributed by atoms with Gasteiger partial charge in [-0.15, -0.1) is 0 Å². The smallest absolute Gasteiger partial charge is 0.310 e. The van der Waals surface area contributed by atoms with Crippen LogP contribution < -0.4 is 5.73 Å². The normalized spacial score (nSPS) is 13.2. The number of amides is 1. The first kappa shape index (κ1) is 11.6. The van der Waals surface area contributed by atoms with Gasteiger partial charge in [0.1, 0.15) is 0 Å². The Kier molecular flexibility index (Phi) is 3.42. The van der Waals surface area contributed by atoms with E-state index in [0.29, 0.717) is 0 Å². The summed E-state index contributed by atoms with van der Waals surface area (Å²) in [5.41, 5.74) is 8.52. The SMILES string of the molecule is NC(=O)COC(=O)Cc1ccc2c(c1)CCC2. The van der Waals surface area contributed by atoms with Crippen molar-refractivity contribution in [3.05, 3.63) is 34.9 Å². The summed E-state index contributed by atoms with van der Waals surface area (Å²) in [6.45, 7) is -0.343. The van der Waals surface area contributed by atoms with E-state index < -0.39 is 11.9 Å². The standard InChI is InChI=1S/C13H15NO3/c14-12(15)8-17-13(16)7-9-4-5-10-2-1-3-11(10)6-9/h4-6H,1-3,7-8H2,(H2,14,15). The molecule has 90 valence electrons. The van der Waals surface area contributed by atoms with Gasteiger partial charge in [-0.05, 0) is 36.0 Å². The molecule has 0 aromatic heterocycles. The van der Waals surface area contributed by atoms with Crippen LogP contribution in [0.1, 0.15) is 23.1 Å².